The summed E-state index contributed by atoms with van der Waals surface area (Å²) in [5, 5.41) is 9.36. The third kappa shape index (κ3) is 4.72. The van der Waals surface area contributed by atoms with E-state index >= 15 is 0 Å². The molecule has 0 radical (unpaired) electrons. The van der Waals surface area contributed by atoms with Gasteiger partial charge in [-0.05, 0) is 78.9 Å². The maximum Gasteiger partial charge on any atom is 0.253 e. The Morgan fingerprint density at radius 2 is 1.84 bits per heavy atom. The summed E-state index contributed by atoms with van der Waals surface area (Å²) in [5.41, 5.74) is 15.3. The van der Waals surface area contributed by atoms with Crippen LogP contribution in [0, 0.1) is 13.8 Å². The molecule has 0 saturated heterocycles. The van der Waals surface area contributed by atoms with Gasteiger partial charge in [-0.15, -0.1) is 10.2 Å². The van der Waals surface area contributed by atoms with Crippen molar-refractivity contribution < 1.29 is 4.79 Å². The number of benzene rings is 1. The number of pyridine rings is 1. The highest BCUT2D eigenvalue weighted by molar-refractivity contribution is 5.95. The number of rotatable bonds is 5. The van der Waals surface area contributed by atoms with Crippen LogP contribution in [0.15, 0.2) is 48.7 Å². The van der Waals surface area contributed by atoms with Crippen LogP contribution >= 0.6 is 0 Å². The van der Waals surface area contributed by atoms with Gasteiger partial charge in [0.25, 0.3) is 5.91 Å². The third-order valence-corrected chi connectivity index (χ3v) is 7.18. The molecular formula is C29H33N7O. The van der Waals surface area contributed by atoms with Gasteiger partial charge < -0.3 is 15.2 Å². The molecule has 0 unspecified atom stereocenters. The van der Waals surface area contributed by atoms with Crippen LogP contribution < -0.4 is 5.73 Å². The molecule has 5 rings (SSSR count). The summed E-state index contributed by atoms with van der Waals surface area (Å²) in [6, 6.07) is 11.9. The number of nitrogen functional groups attached to an aromatic ring is 1. The summed E-state index contributed by atoms with van der Waals surface area (Å²) < 4.78 is 2.16. The number of hydrogen-bond acceptors (Lipinski definition) is 6. The Labute approximate surface area is 217 Å². The van der Waals surface area contributed by atoms with Crippen LogP contribution in [0.1, 0.15) is 39.2 Å². The standard InChI is InChI=1S/C29H33N7O/c1-18-14-21(29(37)34(3)4)15-19(2)27(18)20-9-12-36(13-10-20)17-22-16-24-23(8-11-31-28(24)35(22)5)25-6-7-26(30)33-32-25/h6-9,11,14-16H,10,12-13,17H2,1-5H3,(H2,30,33). The summed E-state index contributed by atoms with van der Waals surface area (Å²) in [5.74, 6) is 0.446. The average Bonchev–Trinajstić information content (AvgIpc) is 3.19. The largest absolute Gasteiger partial charge is 0.382 e. The molecular weight excluding hydrogens is 462 g/mol. The molecule has 1 aliphatic rings. The van der Waals surface area contributed by atoms with Crippen LogP contribution in [0.3, 0.4) is 0 Å². The molecule has 0 atom stereocenters. The molecule has 0 bridgehead atoms. The van der Waals surface area contributed by atoms with Gasteiger partial charge >= 0.3 is 0 Å². The predicted molar refractivity (Wildman–Crippen MR) is 148 cm³/mol. The molecule has 0 aliphatic carbocycles. The van der Waals surface area contributed by atoms with Crippen LogP contribution in [0.2, 0.25) is 0 Å². The lowest BCUT2D eigenvalue weighted by molar-refractivity contribution is 0.0827. The fourth-order valence-electron chi connectivity index (χ4n) is 5.30. The first-order valence-electron chi connectivity index (χ1n) is 12.5. The Bertz CT molecular complexity index is 1490. The van der Waals surface area contributed by atoms with Gasteiger partial charge in [0.2, 0.25) is 0 Å². The molecule has 2 N–H and O–H groups in total. The fourth-order valence-corrected chi connectivity index (χ4v) is 5.30. The van der Waals surface area contributed by atoms with Gasteiger partial charge in [0, 0.05) is 69.2 Å². The summed E-state index contributed by atoms with van der Waals surface area (Å²) in [7, 11) is 5.65. The molecule has 1 amide bonds. The minimum absolute atomic E-state index is 0.0394. The lowest BCUT2D eigenvalue weighted by Crippen LogP contribution is -2.29. The number of aryl methyl sites for hydroxylation is 3. The van der Waals surface area contributed by atoms with E-state index in [1.165, 1.54) is 16.8 Å². The van der Waals surface area contributed by atoms with Crippen molar-refractivity contribution in [3.8, 4) is 11.3 Å². The van der Waals surface area contributed by atoms with Crippen molar-refractivity contribution in [1.29, 1.82) is 0 Å². The summed E-state index contributed by atoms with van der Waals surface area (Å²) >= 11 is 0. The van der Waals surface area contributed by atoms with Gasteiger partial charge in [0.15, 0.2) is 0 Å². The zero-order chi connectivity index (χ0) is 26.3. The highest BCUT2D eigenvalue weighted by atomic mass is 16.2. The molecule has 37 heavy (non-hydrogen) atoms. The zero-order valence-electron chi connectivity index (χ0n) is 22.1. The smallest absolute Gasteiger partial charge is 0.253 e. The number of amides is 1. The summed E-state index contributed by atoms with van der Waals surface area (Å²) in [4.78, 5) is 21.2. The van der Waals surface area contributed by atoms with E-state index < -0.39 is 0 Å². The Hall–Kier alpha value is -4.04. The number of fused-ring (bicyclic) bond motifs is 1. The number of aromatic nitrogens is 4. The number of carbonyl (C=O) groups excluding carboxylic acids is 1. The van der Waals surface area contributed by atoms with E-state index in [4.69, 9.17) is 5.73 Å². The molecule has 1 aliphatic heterocycles. The molecule has 4 heterocycles. The first-order valence-corrected chi connectivity index (χ1v) is 12.5. The molecule has 3 aromatic heterocycles. The van der Waals surface area contributed by atoms with E-state index in [0.29, 0.717) is 5.82 Å². The lowest BCUT2D eigenvalue weighted by atomic mass is 9.90. The molecule has 1 aromatic carbocycles. The number of anilines is 1. The topological polar surface area (TPSA) is 93.2 Å². The maximum atomic E-state index is 12.4. The second kappa shape index (κ2) is 9.78. The first-order chi connectivity index (χ1) is 17.7. The fraction of sp³-hybridized carbons (Fsp3) is 0.310. The average molecular weight is 496 g/mol. The molecule has 0 spiro atoms. The summed E-state index contributed by atoms with van der Waals surface area (Å²) in [6.45, 7) is 6.88. The predicted octanol–water partition coefficient (Wildman–Crippen LogP) is 4.22. The second-order valence-corrected chi connectivity index (χ2v) is 10.0. The van der Waals surface area contributed by atoms with Crippen molar-refractivity contribution in [3.63, 3.8) is 0 Å². The van der Waals surface area contributed by atoms with Gasteiger partial charge in [-0.3, -0.25) is 9.69 Å². The van der Waals surface area contributed by atoms with Crippen LogP contribution in [0.5, 0.6) is 0 Å². The second-order valence-electron chi connectivity index (χ2n) is 10.0. The molecule has 8 nitrogen and oxygen atoms in total. The number of nitrogens with two attached hydrogens (primary N) is 1. The number of hydrogen-bond donors (Lipinski definition) is 1. The van der Waals surface area contributed by atoms with Gasteiger partial charge in [-0.2, -0.15) is 0 Å². The van der Waals surface area contributed by atoms with Crippen molar-refractivity contribution >= 4 is 28.3 Å². The van der Waals surface area contributed by atoms with E-state index in [0.717, 1.165) is 65.0 Å². The Balaban J connectivity index is 1.37. The van der Waals surface area contributed by atoms with Crippen LogP contribution in [0.4, 0.5) is 5.82 Å². The van der Waals surface area contributed by atoms with Gasteiger partial charge in [0.05, 0.1) is 5.69 Å². The Morgan fingerprint density at radius 3 is 2.46 bits per heavy atom. The minimum Gasteiger partial charge on any atom is -0.382 e. The number of nitrogens with zero attached hydrogens (tertiary/aromatic N) is 6. The third-order valence-electron chi connectivity index (χ3n) is 7.18. The van der Waals surface area contributed by atoms with E-state index in [-0.39, 0.29) is 5.91 Å². The zero-order valence-corrected chi connectivity index (χ0v) is 22.1. The minimum atomic E-state index is 0.0394. The highest BCUT2D eigenvalue weighted by Gasteiger charge is 2.20. The molecule has 8 heteroatoms. The van der Waals surface area contributed by atoms with E-state index in [9.17, 15) is 4.79 Å². The molecule has 0 fully saturated rings. The van der Waals surface area contributed by atoms with E-state index in [1.54, 1.807) is 25.1 Å². The van der Waals surface area contributed by atoms with Gasteiger partial charge in [-0.25, -0.2) is 4.98 Å². The summed E-state index contributed by atoms with van der Waals surface area (Å²) in [6.07, 6.45) is 5.12. The molecule has 4 aromatic rings. The van der Waals surface area contributed by atoms with Crippen LogP contribution in [0.25, 0.3) is 27.9 Å². The Kier molecular flexibility index (Phi) is 6.52. The maximum absolute atomic E-state index is 12.4. The first kappa shape index (κ1) is 24.6. The van der Waals surface area contributed by atoms with Crippen molar-refractivity contribution in [3.05, 3.63) is 76.6 Å². The quantitative estimate of drug-likeness (QED) is 0.446. The van der Waals surface area contributed by atoms with Crippen molar-refractivity contribution in [2.75, 3.05) is 32.9 Å². The highest BCUT2D eigenvalue weighted by Crippen LogP contribution is 2.32. The Morgan fingerprint density at radius 1 is 1.08 bits per heavy atom. The normalized spacial score (nSPS) is 14.1. The van der Waals surface area contributed by atoms with E-state index in [2.05, 4.69) is 57.7 Å². The molecule has 0 saturated carbocycles. The SMILES string of the molecule is Cc1cc(C(=O)N(C)C)cc(C)c1C1=CCN(Cc2cc3c(-c4ccc(N)nn4)ccnc3n2C)CC1. The van der Waals surface area contributed by atoms with E-state index in [1.807, 2.05) is 30.5 Å². The van der Waals surface area contributed by atoms with Crippen molar-refractivity contribution in [1.82, 2.24) is 29.5 Å². The van der Waals surface area contributed by atoms with Crippen LogP contribution in [-0.4, -0.2) is 62.6 Å². The lowest BCUT2D eigenvalue weighted by Gasteiger charge is -2.28. The molecule has 190 valence electrons. The van der Waals surface area contributed by atoms with Crippen molar-refractivity contribution in [2.45, 2.75) is 26.8 Å². The van der Waals surface area contributed by atoms with Crippen molar-refractivity contribution in [2.24, 2.45) is 7.05 Å². The van der Waals surface area contributed by atoms with Crippen LogP contribution in [-0.2, 0) is 13.6 Å². The van der Waals surface area contributed by atoms with Gasteiger partial charge in [-0.1, -0.05) is 6.08 Å². The number of carbonyl (C=O) groups is 1. The van der Waals surface area contributed by atoms with Gasteiger partial charge in [0.1, 0.15) is 11.5 Å². The monoisotopic (exact) mass is 495 g/mol.